The molecular formula is C22H20N4O2S. The summed E-state index contributed by atoms with van der Waals surface area (Å²) in [6.45, 7) is 2.52. The van der Waals surface area contributed by atoms with Crippen LogP contribution in [-0.2, 0) is 6.54 Å². The Bertz CT molecular complexity index is 1130. The van der Waals surface area contributed by atoms with Crippen molar-refractivity contribution in [2.45, 2.75) is 13.5 Å². The highest BCUT2D eigenvalue weighted by molar-refractivity contribution is 7.15. The lowest BCUT2D eigenvalue weighted by Gasteiger charge is -2.05. The van der Waals surface area contributed by atoms with Gasteiger partial charge in [0.25, 0.3) is 5.91 Å². The molecule has 146 valence electrons. The van der Waals surface area contributed by atoms with Crippen molar-refractivity contribution in [1.82, 2.24) is 14.8 Å². The van der Waals surface area contributed by atoms with Crippen LogP contribution < -0.4 is 10.1 Å². The summed E-state index contributed by atoms with van der Waals surface area (Å²) in [6, 6.07) is 17.6. The number of thiazole rings is 1. The van der Waals surface area contributed by atoms with Gasteiger partial charge in [0.15, 0.2) is 5.13 Å². The second-order valence-electron chi connectivity index (χ2n) is 6.54. The number of benzene rings is 2. The van der Waals surface area contributed by atoms with Crippen molar-refractivity contribution in [1.29, 1.82) is 0 Å². The lowest BCUT2D eigenvalue weighted by Crippen LogP contribution is -2.12. The van der Waals surface area contributed by atoms with Gasteiger partial charge < -0.3 is 4.74 Å². The van der Waals surface area contributed by atoms with E-state index in [-0.39, 0.29) is 5.91 Å². The Morgan fingerprint density at radius 1 is 1.17 bits per heavy atom. The van der Waals surface area contributed by atoms with Crippen molar-refractivity contribution in [3.8, 4) is 17.0 Å². The molecule has 4 aromatic rings. The molecule has 6 nitrogen and oxygen atoms in total. The Kier molecular flexibility index (Phi) is 5.39. The first-order valence-corrected chi connectivity index (χ1v) is 9.93. The molecule has 2 heterocycles. The van der Waals surface area contributed by atoms with Crippen LogP contribution in [0, 0.1) is 6.92 Å². The van der Waals surface area contributed by atoms with Gasteiger partial charge in [-0.15, -0.1) is 11.3 Å². The first-order chi connectivity index (χ1) is 14.1. The molecule has 0 bridgehead atoms. The third kappa shape index (κ3) is 4.35. The van der Waals surface area contributed by atoms with E-state index in [0.717, 1.165) is 16.0 Å². The van der Waals surface area contributed by atoms with Crippen LogP contribution >= 0.6 is 11.3 Å². The quantitative estimate of drug-likeness (QED) is 0.509. The molecule has 0 aliphatic carbocycles. The maximum absolute atomic E-state index is 13.0. The third-order valence-corrected chi connectivity index (χ3v) is 5.21. The van der Waals surface area contributed by atoms with Crippen molar-refractivity contribution >= 4 is 22.4 Å². The van der Waals surface area contributed by atoms with Crippen molar-refractivity contribution < 1.29 is 9.53 Å². The number of aryl methyl sites for hydroxylation is 1. The van der Waals surface area contributed by atoms with Gasteiger partial charge in [-0.25, -0.2) is 4.98 Å². The number of rotatable bonds is 6. The average molecular weight is 404 g/mol. The van der Waals surface area contributed by atoms with E-state index in [1.54, 1.807) is 24.2 Å². The number of aromatic nitrogens is 3. The van der Waals surface area contributed by atoms with Gasteiger partial charge >= 0.3 is 0 Å². The SMILES string of the molecule is COc1cccc(-c2nn(Cc3ccccc3)cc2C(=O)Nc2ncc(C)s2)c1. The van der Waals surface area contributed by atoms with E-state index in [1.807, 2.05) is 61.5 Å². The molecule has 0 spiro atoms. The summed E-state index contributed by atoms with van der Waals surface area (Å²) in [4.78, 5) is 18.3. The van der Waals surface area contributed by atoms with E-state index in [1.165, 1.54) is 11.3 Å². The van der Waals surface area contributed by atoms with Crippen LogP contribution in [0.1, 0.15) is 20.8 Å². The van der Waals surface area contributed by atoms with Crippen LogP contribution in [0.25, 0.3) is 11.3 Å². The summed E-state index contributed by atoms with van der Waals surface area (Å²) < 4.78 is 7.12. The number of nitrogens with zero attached hydrogens (tertiary/aromatic N) is 3. The number of anilines is 1. The second kappa shape index (κ2) is 8.28. The van der Waals surface area contributed by atoms with Gasteiger partial charge in [0.2, 0.25) is 0 Å². The maximum atomic E-state index is 13.0. The largest absolute Gasteiger partial charge is 0.497 e. The minimum Gasteiger partial charge on any atom is -0.497 e. The van der Waals surface area contributed by atoms with Gasteiger partial charge in [0, 0.05) is 22.8 Å². The van der Waals surface area contributed by atoms with E-state index in [0.29, 0.717) is 28.7 Å². The molecule has 1 amide bonds. The standard InChI is InChI=1S/C22H20N4O2S/c1-15-12-23-22(29-15)24-21(27)19-14-26(13-16-7-4-3-5-8-16)25-20(19)17-9-6-10-18(11-17)28-2/h3-12,14H,13H2,1-2H3,(H,23,24,27). The predicted molar refractivity (Wildman–Crippen MR) is 115 cm³/mol. The minimum atomic E-state index is -0.239. The summed E-state index contributed by atoms with van der Waals surface area (Å²) in [6.07, 6.45) is 3.51. The zero-order chi connectivity index (χ0) is 20.2. The van der Waals surface area contributed by atoms with Gasteiger partial charge in [-0.05, 0) is 24.6 Å². The summed E-state index contributed by atoms with van der Waals surface area (Å²) in [5.74, 6) is 0.471. The Morgan fingerprint density at radius 2 is 2.00 bits per heavy atom. The number of nitrogens with one attached hydrogen (secondary N) is 1. The van der Waals surface area contributed by atoms with Gasteiger partial charge in [-0.1, -0.05) is 42.5 Å². The summed E-state index contributed by atoms with van der Waals surface area (Å²) in [5, 5.41) is 8.15. The van der Waals surface area contributed by atoms with E-state index >= 15 is 0 Å². The molecule has 1 N–H and O–H groups in total. The molecule has 0 saturated carbocycles. The fraction of sp³-hybridized carbons (Fsp3) is 0.136. The average Bonchev–Trinajstić information content (AvgIpc) is 3.35. The van der Waals surface area contributed by atoms with Crippen LogP contribution in [0.3, 0.4) is 0 Å². The molecule has 0 aliphatic heterocycles. The minimum absolute atomic E-state index is 0.239. The van der Waals surface area contributed by atoms with Gasteiger partial charge in [0.05, 0.1) is 19.2 Å². The summed E-state index contributed by atoms with van der Waals surface area (Å²) in [7, 11) is 1.62. The highest BCUT2D eigenvalue weighted by Crippen LogP contribution is 2.27. The molecule has 2 aromatic carbocycles. The molecule has 0 radical (unpaired) electrons. The lowest BCUT2D eigenvalue weighted by atomic mass is 10.1. The third-order valence-electron chi connectivity index (χ3n) is 4.38. The number of hydrogen-bond acceptors (Lipinski definition) is 5. The number of carbonyl (C=O) groups excluding carboxylic acids is 1. The molecule has 29 heavy (non-hydrogen) atoms. The van der Waals surface area contributed by atoms with Crippen LogP contribution in [0.2, 0.25) is 0 Å². The monoisotopic (exact) mass is 404 g/mol. The van der Waals surface area contributed by atoms with Crippen LogP contribution in [-0.4, -0.2) is 27.8 Å². The number of carbonyl (C=O) groups is 1. The van der Waals surface area contributed by atoms with Crippen LogP contribution in [0.4, 0.5) is 5.13 Å². The zero-order valence-corrected chi connectivity index (χ0v) is 16.9. The number of methoxy groups -OCH3 is 1. The van der Waals surface area contributed by atoms with E-state index in [4.69, 9.17) is 9.84 Å². The topological polar surface area (TPSA) is 69.0 Å². The summed E-state index contributed by atoms with van der Waals surface area (Å²) in [5.41, 5.74) is 3.01. The van der Waals surface area contributed by atoms with Crippen LogP contribution in [0.5, 0.6) is 5.75 Å². The normalized spacial score (nSPS) is 10.7. The van der Waals surface area contributed by atoms with Gasteiger partial charge in [-0.3, -0.25) is 14.8 Å². The highest BCUT2D eigenvalue weighted by atomic mass is 32.1. The van der Waals surface area contributed by atoms with E-state index in [9.17, 15) is 4.79 Å². The fourth-order valence-electron chi connectivity index (χ4n) is 3.00. The first kappa shape index (κ1) is 18.9. The smallest absolute Gasteiger partial charge is 0.261 e. The molecule has 7 heteroatoms. The Labute approximate surface area is 172 Å². The summed E-state index contributed by atoms with van der Waals surface area (Å²) >= 11 is 1.44. The van der Waals surface area contributed by atoms with Crippen molar-refractivity contribution in [3.05, 3.63) is 83.0 Å². The molecule has 0 saturated heterocycles. The first-order valence-electron chi connectivity index (χ1n) is 9.12. The van der Waals surface area contributed by atoms with Crippen LogP contribution in [0.15, 0.2) is 67.0 Å². The van der Waals surface area contributed by atoms with Crippen molar-refractivity contribution in [3.63, 3.8) is 0 Å². The Morgan fingerprint density at radius 3 is 2.72 bits per heavy atom. The molecule has 0 fully saturated rings. The maximum Gasteiger partial charge on any atom is 0.261 e. The van der Waals surface area contributed by atoms with E-state index < -0.39 is 0 Å². The molecule has 4 rings (SSSR count). The fourth-order valence-corrected chi connectivity index (χ4v) is 3.66. The van der Waals surface area contributed by atoms with Crippen molar-refractivity contribution in [2.24, 2.45) is 0 Å². The molecule has 0 unspecified atom stereocenters. The van der Waals surface area contributed by atoms with E-state index in [2.05, 4.69) is 10.3 Å². The number of amides is 1. The highest BCUT2D eigenvalue weighted by Gasteiger charge is 2.19. The second-order valence-corrected chi connectivity index (χ2v) is 7.77. The number of ether oxygens (including phenoxy) is 1. The molecule has 0 aliphatic rings. The van der Waals surface area contributed by atoms with Gasteiger partial charge in [0.1, 0.15) is 11.4 Å². The Hall–Kier alpha value is -3.45. The molecular weight excluding hydrogens is 384 g/mol. The van der Waals surface area contributed by atoms with Gasteiger partial charge in [-0.2, -0.15) is 5.10 Å². The van der Waals surface area contributed by atoms with Crippen molar-refractivity contribution in [2.75, 3.05) is 12.4 Å². The molecule has 0 atom stereocenters. The lowest BCUT2D eigenvalue weighted by molar-refractivity contribution is 0.102. The predicted octanol–water partition coefficient (Wildman–Crippen LogP) is 4.62. The molecule has 2 aromatic heterocycles. The zero-order valence-electron chi connectivity index (χ0n) is 16.1. The number of hydrogen-bond donors (Lipinski definition) is 1. The Balaban J connectivity index is 1.71.